The number of carbonyl (C=O) groups excluding carboxylic acids is 1. The van der Waals surface area contributed by atoms with Crippen molar-refractivity contribution in [1.29, 1.82) is 0 Å². The Labute approximate surface area is 250 Å². The maximum absolute atomic E-state index is 12.5. The monoisotopic (exact) mass is 579 g/mol. The quantitative estimate of drug-likeness (QED) is 0.348. The molecule has 2 atom stereocenters. The second-order valence-corrected chi connectivity index (χ2v) is 12.7. The number of aromatic hydroxyl groups is 1. The van der Waals surface area contributed by atoms with Gasteiger partial charge in [-0.25, -0.2) is 0 Å². The van der Waals surface area contributed by atoms with Crippen molar-refractivity contribution in [2.45, 2.75) is 56.1 Å². The van der Waals surface area contributed by atoms with Crippen LogP contribution in [-0.4, -0.2) is 92.9 Å². The molecule has 3 aromatic carbocycles. The zero-order chi connectivity index (χ0) is 29.1. The molecule has 9 heteroatoms. The topological polar surface area (TPSA) is 102 Å². The van der Waals surface area contributed by atoms with Gasteiger partial charge in [0, 0.05) is 30.6 Å². The first-order valence-corrected chi connectivity index (χ1v) is 15.6. The fourth-order valence-corrected chi connectivity index (χ4v) is 8.32. The number of aliphatic hydroxyl groups is 1. The summed E-state index contributed by atoms with van der Waals surface area (Å²) < 4.78 is 6.49. The summed E-state index contributed by atoms with van der Waals surface area (Å²) in [6, 6.07) is 18.4. The van der Waals surface area contributed by atoms with Crippen LogP contribution in [0.15, 0.2) is 54.6 Å². The second-order valence-electron chi connectivity index (χ2n) is 12.7. The Morgan fingerprint density at radius 1 is 0.953 bits per heavy atom. The van der Waals surface area contributed by atoms with E-state index in [2.05, 4.69) is 34.1 Å². The Balaban J connectivity index is 1.20. The number of phenols is 1. The number of amides is 1. The van der Waals surface area contributed by atoms with E-state index in [1.807, 2.05) is 29.2 Å². The van der Waals surface area contributed by atoms with Gasteiger partial charge in [-0.2, -0.15) is 9.97 Å². The molecule has 2 bridgehead atoms. The Bertz CT molecular complexity index is 1700. The van der Waals surface area contributed by atoms with Crippen LogP contribution >= 0.6 is 0 Å². The van der Waals surface area contributed by atoms with E-state index in [4.69, 9.17) is 14.7 Å². The molecular formula is C34H37N5O4. The minimum atomic E-state index is -0.452. The van der Waals surface area contributed by atoms with Crippen molar-refractivity contribution in [2.75, 3.05) is 44.3 Å². The van der Waals surface area contributed by atoms with Crippen LogP contribution in [0.5, 0.6) is 11.8 Å². The minimum Gasteiger partial charge on any atom is -0.508 e. The van der Waals surface area contributed by atoms with Crippen molar-refractivity contribution in [1.82, 2.24) is 19.8 Å². The lowest BCUT2D eigenvalue weighted by molar-refractivity contribution is -0.137. The average Bonchev–Trinajstić information content (AvgIpc) is 3.69. The number of benzene rings is 3. The lowest BCUT2D eigenvalue weighted by Gasteiger charge is -2.41. The summed E-state index contributed by atoms with van der Waals surface area (Å²) >= 11 is 0. The van der Waals surface area contributed by atoms with Gasteiger partial charge < -0.3 is 24.7 Å². The number of aromatic nitrogens is 2. The molecule has 0 saturated carbocycles. The van der Waals surface area contributed by atoms with Gasteiger partial charge in [-0.1, -0.05) is 30.3 Å². The summed E-state index contributed by atoms with van der Waals surface area (Å²) in [5.74, 6) is 0.861. The van der Waals surface area contributed by atoms with Gasteiger partial charge in [0.15, 0.2) is 0 Å². The SMILES string of the molecule is O=C(CO)N1C2CCC1CN(c1nc(OCC34CCCN3CCC4)nc3cc(-c4cc(O)cc5ccccc45)ccc13)C2. The van der Waals surface area contributed by atoms with E-state index in [0.29, 0.717) is 25.7 Å². The number of hydrogen-bond acceptors (Lipinski definition) is 8. The Kier molecular flexibility index (Phi) is 6.42. The number of aliphatic hydroxyl groups excluding tert-OH is 1. The van der Waals surface area contributed by atoms with Crippen LogP contribution < -0.4 is 9.64 Å². The smallest absolute Gasteiger partial charge is 0.319 e. The highest BCUT2D eigenvalue weighted by molar-refractivity contribution is 6.01. The highest BCUT2D eigenvalue weighted by atomic mass is 16.5. The van der Waals surface area contributed by atoms with Crippen molar-refractivity contribution in [2.24, 2.45) is 0 Å². The average molecular weight is 580 g/mol. The van der Waals surface area contributed by atoms with E-state index in [9.17, 15) is 15.0 Å². The molecule has 5 heterocycles. The molecule has 0 aliphatic carbocycles. The summed E-state index contributed by atoms with van der Waals surface area (Å²) in [6.45, 7) is 3.71. The highest BCUT2D eigenvalue weighted by Gasteiger charge is 2.45. The van der Waals surface area contributed by atoms with Crippen molar-refractivity contribution < 1.29 is 19.7 Å². The Hall–Kier alpha value is -3.95. The fourth-order valence-electron chi connectivity index (χ4n) is 8.32. The van der Waals surface area contributed by atoms with Gasteiger partial charge in [-0.15, -0.1) is 0 Å². The molecule has 2 unspecified atom stereocenters. The standard InChI is InChI=1S/C34H37N5O4/c40-20-31(42)39-24-8-9-25(39)19-37(18-24)32-28-10-7-23(29-17-26(41)15-22-5-1-2-6-27(22)29)16-30(28)35-33(36-32)43-21-34-11-3-13-38(34)14-4-12-34/h1-2,5-7,10,15-17,24-25,40-41H,3-4,8-9,11-14,18-21H2. The van der Waals surface area contributed by atoms with Crippen molar-refractivity contribution >= 4 is 33.4 Å². The maximum atomic E-state index is 12.5. The molecule has 4 fully saturated rings. The van der Waals surface area contributed by atoms with E-state index in [0.717, 1.165) is 77.4 Å². The predicted octanol–water partition coefficient (Wildman–Crippen LogP) is 4.33. The first kappa shape index (κ1) is 26.7. The number of fused-ring (bicyclic) bond motifs is 5. The molecule has 1 amide bonds. The number of hydrogen-bond donors (Lipinski definition) is 2. The number of piperazine rings is 1. The first-order valence-electron chi connectivity index (χ1n) is 15.6. The molecule has 222 valence electrons. The van der Waals surface area contributed by atoms with Gasteiger partial charge in [0.2, 0.25) is 5.91 Å². The molecule has 4 aromatic rings. The summed E-state index contributed by atoms with van der Waals surface area (Å²) in [6.07, 6.45) is 6.54. The normalized spacial score (nSPS) is 22.9. The van der Waals surface area contributed by atoms with E-state index in [-0.39, 0.29) is 29.3 Å². The first-order chi connectivity index (χ1) is 21.0. The van der Waals surface area contributed by atoms with Gasteiger partial charge in [-0.3, -0.25) is 9.69 Å². The van der Waals surface area contributed by atoms with E-state index in [1.165, 1.54) is 12.8 Å². The van der Waals surface area contributed by atoms with Gasteiger partial charge in [0.25, 0.3) is 0 Å². The number of carbonyl (C=O) groups is 1. The summed E-state index contributed by atoms with van der Waals surface area (Å²) in [4.78, 5) is 29.3. The molecule has 43 heavy (non-hydrogen) atoms. The number of anilines is 1. The molecule has 1 aromatic heterocycles. The zero-order valence-corrected chi connectivity index (χ0v) is 24.3. The number of phenolic OH excluding ortho intramolecular Hbond substituents is 1. The molecular weight excluding hydrogens is 542 g/mol. The molecule has 4 aliphatic heterocycles. The van der Waals surface area contributed by atoms with Crippen LogP contribution in [0, 0.1) is 0 Å². The van der Waals surface area contributed by atoms with Crippen molar-refractivity contribution in [3.05, 3.63) is 54.6 Å². The molecule has 9 nitrogen and oxygen atoms in total. The third kappa shape index (κ3) is 4.48. The highest BCUT2D eigenvalue weighted by Crippen LogP contribution is 2.41. The van der Waals surface area contributed by atoms with Crippen LogP contribution in [0.2, 0.25) is 0 Å². The molecule has 0 radical (unpaired) electrons. The molecule has 2 N–H and O–H groups in total. The second kappa shape index (κ2) is 10.3. The van der Waals surface area contributed by atoms with Crippen LogP contribution in [0.3, 0.4) is 0 Å². The maximum Gasteiger partial charge on any atom is 0.319 e. The molecule has 8 rings (SSSR count). The molecule has 4 aliphatic rings. The summed E-state index contributed by atoms with van der Waals surface area (Å²) in [5, 5.41) is 23.1. The Morgan fingerprint density at radius 2 is 1.72 bits per heavy atom. The minimum absolute atomic E-state index is 0.0511. The van der Waals surface area contributed by atoms with E-state index in [1.54, 1.807) is 6.07 Å². The van der Waals surface area contributed by atoms with Crippen molar-refractivity contribution in [3.63, 3.8) is 0 Å². The number of rotatable bonds is 6. The largest absolute Gasteiger partial charge is 0.508 e. The number of nitrogens with zero attached hydrogens (tertiary/aromatic N) is 5. The van der Waals surface area contributed by atoms with Gasteiger partial charge >= 0.3 is 6.01 Å². The lowest BCUT2D eigenvalue weighted by atomic mass is 9.95. The summed E-state index contributed by atoms with van der Waals surface area (Å²) in [5.41, 5.74) is 2.78. The fraction of sp³-hybridized carbons (Fsp3) is 0.441. The molecule has 0 spiro atoms. The van der Waals surface area contributed by atoms with Gasteiger partial charge in [0.05, 0.1) is 11.1 Å². The zero-order valence-electron chi connectivity index (χ0n) is 24.3. The lowest BCUT2D eigenvalue weighted by Crippen LogP contribution is -2.56. The third-order valence-corrected chi connectivity index (χ3v) is 10.3. The van der Waals surface area contributed by atoms with E-state index < -0.39 is 6.61 Å². The van der Waals surface area contributed by atoms with Crippen LogP contribution in [0.1, 0.15) is 38.5 Å². The van der Waals surface area contributed by atoms with Crippen molar-refractivity contribution in [3.8, 4) is 22.9 Å². The number of ether oxygens (including phenoxy) is 1. The third-order valence-electron chi connectivity index (χ3n) is 10.3. The van der Waals surface area contributed by atoms with Gasteiger partial charge in [-0.05, 0) is 97.8 Å². The van der Waals surface area contributed by atoms with Gasteiger partial charge in [0.1, 0.15) is 24.8 Å². The van der Waals surface area contributed by atoms with E-state index >= 15 is 0 Å². The molecule has 4 saturated heterocycles. The predicted molar refractivity (Wildman–Crippen MR) is 165 cm³/mol. The van der Waals surface area contributed by atoms with Crippen LogP contribution in [0.25, 0.3) is 32.8 Å². The summed E-state index contributed by atoms with van der Waals surface area (Å²) in [7, 11) is 0. The Morgan fingerprint density at radius 3 is 2.49 bits per heavy atom. The van der Waals surface area contributed by atoms with Crippen LogP contribution in [-0.2, 0) is 4.79 Å². The van der Waals surface area contributed by atoms with Crippen LogP contribution in [0.4, 0.5) is 5.82 Å².